The van der Waals surface area contributed by atoms with Crippen LogP contribution in [0, 0.1) is 0 Å². The van der Waals surface area contributed by atoms with Gasteiger partial charge >= 0.3 is 0 Å². The number of methoxy groups -OCH3 is 2. The van der Waals surface area contributed by atoms with E-state index in [0.717, 1.165) is 50.0 Å². The van der Waals surface area contributed by atoms with E-state index in [9.17, 15) is 0 Å². The monoisotopic (exact) mass is 266 g/mol. The molecule has 0 bridgehead atoms. The lowest BCUT2D eigenvalue weighted by Crippen LogP contribution is -2.44. The van der Waals surface area contributed by atoms with E-state index < -0.39 is 0 Å². The van der Waals surface area contributed by atoms with Gasteiger partial charge in [0.15, 0.2) is 0 Å². The van der Waals surface area contributed by atoms with Crippen LogP contribution < -0.4 is 19.5 Å². The Hall–Kier alpha value is -1.46. The minimum Gasteiger partial charge on any atom is -0.496 e. The number of hydrogen-bond acceptors (Lipinski definition) is 5. The first kappa shape index (κ1) is 14.0. The summed E-state index contributed by atoms with van der Waals surface area (Å²) in [6, 6.07) is 5.59. The van der Waals surface area contributed by atoms with Crippen LogP contribution in [0.3, 0.4) is 0 Å². The number of piperazine rings is 1. The molecule has 1 aliphatic rings. The second-order valence-electron chi connectivity index (χ2n) is 4.49. The minimum atomic E-state index is 0.677. The van der Waals surface area contributed by atoms with E-state index in [1.807, 2.05) is 18.2 Å². The molecule has 1 aromatic carbocycles. The van der Waals surface area contributed by atoms with Gasteiger partial charge in [0.05, 0.1) is 14.2 Å². The van der Waals surface area contributed by atoms with E-state index in [2.05, 4.69) is 10.2 Å². The number of rotatable bonds is 6. The van der Waals surface area contributed by atoms with Crippen molar-refractivity contribution in [3.63, 3.8) is 0 Å². The Kier molecular flexibility index (Phi) is 5.30. The predicted molar refractivity (Wildman–Crippen MR) is 74.4 cm³/mol. The third-order valence-electron chi connectivity index (χ3n) is 3.21. The van der Waals surface area contributed by atoms with Crippen LogP contribution in [0.4, 0.5) is 0 Å². The summed E-state index contributed by atoms with van der Waals surface area (Å²) in [7, 11) is 3.28. The highest BCUT2D eigenvalue weighted by Gasteiger charge is 2.09. The van der Waals surface area contributed by atoms with Crippen LogP contribution in [0.5, 0.6) is 17.2 Å². The zero-order valence-corrected chi connectivity index (χ0v) is 11.6. The Bertz CT molecular complexity index is 370. The summed E-state index contributed by atoms with van der Waals surface area (Å²) in [4.78, 5) is 2.40. The first-order valence-electron chi connectivity index (χ1n) is 6.61. The van der Waals surface area contributed by atoms with Crippen molar-refractivity contribution in [1.82, 2.24) is 10.2 Å². The molecule has 5 nitrogen and oxygen atoms in total. The van der Waals surface area contributed by atoms with Crippen molar-refractivity contribution in [3.8, 4) is 17.2 Å². The molecule has 2 rings (SSSR count). The fourth-order valence-electron chi connectivity index (χ4n) is 2.09. The Morgan fingerprint density at radius 3 is 2.16 bits per heavy atom. The maximum Gasteiger partial charge on any atom is 0.126 e. The van der Waals surface area contributed by atoms with Gasteiger partial charge in [-0.1, -0.05) is 0 Å². The summed E-state index contributed by atoms with van der Waals surface area (Å²) >= 11 is 0. The van der Waals surface area contributed by atoms with Gasteiger partial charge in [0.1, 0.15) is 23.9 Å². The molecule has 1 saturated heterocycles. The molecule has 1 aliphatic heterocycles. The zero-order chi connectivity index (χ0) is 13.5. The van der Waals surface area contributed by atoms with Gasteiger partial charge in [-0.25, -0.2) is 0 Å². The van der Waals surface area contributed by atoms with Crippen molar-refractivity contribution < 1.29 is 14.2 Å². The molecule has 1 N–H and O–H groups in total. The number of nitrogens with one attached hydrogen (secondary N) is 1. The first-order valence-corrected chi connectivity index (χ1v) is 6.61. The topological polar surface area (TPSA) is 43.0 Å². The normalized spacial score (nSPS) is 16.1. The van der Waals surface area contributed by atoms with E-state index in [0.29, 0.717) is 6.61 Å². The van der Waals surface area contributed by atoms with Gasteiger partial charge in [0.25, 0.3) is 0 Å². The van der Waals surface area contributed by atoms with E-state index >= 15 is 0 Å². The molecule has 19 heavy (non-hydrogen) atoms. The summed E-state index contributed by atoms with van der Waals surface area (Å²) in [6.45, 7) is 5.92. The molecule has 0 aromatic heterocycles. The highest BCUT2D eigenvalue weighted by atomic mass is 16.5. The number of benzene rings is 1. The molecule has 0 aliphatic carbocycles. The second-order valence-corrected chi connectivity index (χ2v) is 4.49. The smallest absolute Gasteiger partial charge is 0.126 e. The Balaban J connectivity index is 1.84. The summed E-state index contributed by atoms with van der Waals surface area (Å²) in [5.41, 5.74) is 0. The number of ether oxygens (including phenoxy) is 3. The highest BCUT2D eigenvalue weighted by molar-refractivity contribution is 5.41. The minimum absolute atomic E-state index is 0.677. The van der Waals surface area contributed by atoms with Crippen molar-refractivity contribution in [1.29, 1.82) is 0 Å². The molecule has 0 atom stereocenters. The Labute approximate surface area is 114 Å². The van der Waals surface area contributed by atoms with E-state index in [4.69, 9.17) is 14.2 Å². The maximum atomic E-state index is 5.77. The molecule has 1 fully saturated rings. The van der Waals surface area contributed by atoms with Crippen molar-refractivity contribution in [3.05, 3.63) is 18.2 Å². The van der Waals surface area contributed by atoms with Crippen LogP contribution in [0.15, 0.2) is 18.2 Å². The molecule has 0 radical (unpaired) electrons. The van der Waals surface area contributed by atoms with Crippen molar-refractivity contribution >= 4 is 0 Å². The average molecular weight is 266 g/mol. The standard InChI is InChI=1S/C14H22N2O3/c1-17-12-9-13(18-2)11-14(10-12)19-8-7-16-5-3-15-4-6-16/h9-11,15H,3-8H2,1-2H3. The van der Waals surface area contributed by atoms with Gasteiger partial charge in [-0.3, -0.25) is 4.90 Å². The van der Waals surface area contributed by atoms with Crippen molar-refractivity contribution in [2.24, 2.45) is 0 Å². The fraction of sp³-hybridized carbons (Fsp3) is 0.571. The summed E-state index contributed by atoms with van der Waals surface area (Å²) in [5.74, 6) is 2.28. The third-order valence-corrected chi connectivity index (χ3v) is 3.21. The molecular formula is C14H22N2O3. The molecule has 0 amide bonds. The van der Waals surface area contributed by atoms with Crippen LogP contribution in [0.25, 0.3) is 0 Å². The van der Waals surface area contributed by atoms with Crippen LogP contribution in [-0.2, 0) is 0 Å². The molecular weight excluding hydrogens is 244 g/mol. The van der Waals surface area contributed by atoms with Gasteiger partial charge in [-0.2, -0.15) is 0 Å². The van der Waals surface area contributed by atoms with Crippen LogP contribution in [0.1, 0.15) is 0 Å². The molecule has 1 aromatic rings. The Morgan fingerprint density at radius 1 is 1.00 bits per heavy atom. The summed E-state index contributed by atoms with van der Waals surface area (Å²) in [6.07, 6.45) is 0. The zero-order valence-electron chi connectivity index (χ0n) is 11.6. The summed E-state index contributed by atoms with van der Waals surface area (Å²) < 4.78 is 16.2. The Morgan fingerprint density at radius 2 is 1.58 bits per heavy atom. The van der Waals surface area contributed by atoms with Gasteiger partial charge in [-0.15, -0.1) is 0 Å². The molecule has 5 heteroatoms. The molecule has 0 saturated carbocycles. The highest BCUT2D eigenvalue weighted by Crippen LogP contribution is 2.27. The van der Waals surface area contributed by atoms with Crippen LogP contribution in [0.2, 0.25) is 0 Å². The predicted octanol–water partition coefficient (Wildman–Crippen LogP) is 0.988. The SMILES string of the molecule is COc1cc(OC)cc(OCCN2CCNCC2)c1. The maximum absolute atomic E-state index is 5.77. The molecule has 1 heterocycles. The number of hydrogen-bond donors (Lipinski definition) is 1. The van der Waals surface area contributed by atoms with Crippen molar-refractivity contribution in [2.75, 3.05) is 53.6 Å². The van der Waals surface area contributed by atoms with Crippen LogP contribution >= 0.6 is 0 Å². The molecule has 0 spiro atoms. The van der Waals surface area contributed by atoms with Crippen molar-refractivity contribution in [2.45, 2.75) is 0 Å². The van der Waals surface area contributed by atoms with Gasteiger partial charge < -0.3 is 19.5 Å². The quantitative estimate of drug-likeness (QED) is 0.831. The van der Waals surface area contributed by atoms with E-state index in [1.54, 1.807) is 14.2 Å². The lowest BCUT2D eigenvalue weighted by Gasteiger charge is -2.26. The first-order chi connectivity index (χ1) is 9.31. The second kappa shape index (κ2) is 7.21. The lowest BCUT2D eigenvalue weighted by molar-refractivity contribution is 0.191. The lowest BCUT2D eigenvalue weighted by atomic mass is 10.3. The van der Waals surface area contributed by atoms with Crippen LogP contribution in [-0.4, -0.2) is 58.5 Å². The van der Waals surface area contributed by atoms with Gasteiger partial charge in [-0.05, 0) is 0 Å². The molecule has 106 valence electrons. The van der Waals surface area contributed by atoms with Gasteiger partial charge in [0.2, 0.25) is 0 Å². The third kappa shape index (κ3) is 4.29. The molecule has 0 unspecified atom stereocenters. The largest absolute Gasteiger partial charge is 0.496 e. The fourth-order valence-corrected chi connectivity index (χ4v) is 2.09. The van der Waals surface area contributed by atoms with E-state index in [1.165, 1.54) is 0 Å². The van der Waals surface area contributed by atoms with Gasteiger partial charge in [0, 0.05) is 50.9 Å². The van der Waals surface area contributed by atoms with E-state index in [-0.39, 0.29) is 0 Å². The summed E-state index contributed by atoms with van der Waals surface area (Å²) in [5, 5.41) is 3.34. The average Bonchev–Trinajstić information content (AvgIpc) is 2.48. The number of nitrogens with zero attached hydrogens (tertiary/aromatic N) is 1.